The first-order chi connectivity index (χ1) is 7.57. The van der Waals surface area contributed by atoms with Crippen LogP contribution < -0.4 is 10.5 Å². The Hall–Kier alpha value is -0.730. The summed E-state index contributed by atoms with van der Waals surface area (Å²) in [5, 5.41) is 0.766. The molecule has 1 aliphatic carbocycles. The number of aryl methyl sites for hydroxylation is 1. The van der Waals surface area contributed by atoms with Crippen molar-refractivity contribution in [1.82, 2.24) is 0 Å². The van der Waals surface area contributed by atoms with Crippen LogP contribution in [0, 0.1) is 6.92 Å². The fourth-order valence-corrected chi connectivity index (χ4v) is 2.94. The van der Waals surface area contributed by atoms with Crippen molar-refractivity contribution in [2.45, 2.75) is 38.1 Å². The second kappa shape index (κ2) is 4.27. The van der Waals surface area contributed by atoms with Crippen molar-refractivity contribution in [3.8, 4) is 5.75 Å². The van der Waals surface area contributed by atoms with E-state index in [1.807, 2.05) is 19.1 Å². The van der Waals surface area contributed by atoms with Crippen molar-refractivity contribution in [2.75, 3.05) is 7.11 Å². The van der Waals surface area contributed by atoms with E-state index in [1.54, 1.807) is 7.11 Å². The van der Waals surface area contributed by atoms with E-state index in [-0.39, 0.29) is 5.54 Å². The molecule has 0 bridgehead atoms. The van der Waals surface area contributed by atoms with E-state index >= 15 is 0 Å². The van der Waals surface area contributed by atoms with E-state index in [9.17, 15) is 0 Å². The Kier molecular flexibility index (Phi) is 3.13. The molecule has 2 N–H and O–H groups in total. The van der Waals surface area contributed by atoms with E-state index in [0.717, 1.165) is 34.7 Å². The Labute approximate surface area is 102 Å². The fraction of sp³-hybridized carbons (Fsp3) is 0.538. The molecular formula is C13H18ClNO. The van der Waals surface area contributed by atoms with Gasteiger partial charge in [-0.3, -0.25) is 0 Å². The van der Waals surface area contributed by atoms with Crippen LogP contribution in [0.15, 0.2) is 12.1 Å². The molecular weight excluding hydrogens is 222 g/mol. The molecule has 88 valence electrons. The normalized spacial score (nSPS) is 18.8. The largest absolute Gasteiger partial charge is 0.496 e. The lowest BCUT2D eigenvalue weighted by molar-refractivity contribution is 0.405. The van der Waals surface area contributed by atoms with Gasteiger partial charge in [0.15, 0.2) is 0 Å². The van der Waals surface area contributed by atoms with Gasteiger partial charge in [-0.05, 0) is 43.0 Å². The average Bonchev–Trinajstić information content (AvgIpc) is 2.66. The second-order valence-corrected chi connectivity index (χ2v) is 5.07. The number of hydrogen-bond acceptors (Lipinski definition) is 2. The molecule has 16 heavy (non-hydrogen) atoms. The molecule has 1 aromatic rings. The minimum Gasteiger partial charge on any atom is -0.496 e. The highest BCUT2D eigenvalue weighted by Crippen LogP contribution is 2.41. The summed E-state index contributed by atoms with van der Waals surface area (Å²) >= 11 is 6.29. The molecule has 0 atom stereocenters. The number of benzene rings is 1. The van der Waals surface area contributed by atoms with Gasteiger partial charge in [0.1, 0.15) is 5.75 Å². The molecule has 1 saturated carbocycles. The van der Waals surface area contributed by atoms with Crippen molar-refractivity contribution in [1.29, 1.82) is 0 Å². The summed E-state index contributed by atoms with van der Waals surface area (Å²) < 4.78 is 5.33. The molecule has 0 aromatic heterocycles. The third kappa shape index (κ3) is 1.92. The van der Waals surface area contributed by atoms with Crippen molar-refractivity contribution in [2.24, 2.45) is 5.73 Å². The summed E-state index contributed by atoms with van der Waals surface area (Å²) in [4.78, 5) is 0. The zero-order valence-electron chi connectivity index (χ0n) is 9.85. The van der Waals surface area contributed by atoms with E-state index in [1.165, 1.54) is 12.8 Å². The highest BCUT2D eigenvalue weighted by molar-refractivity contribution is 6.31. The highest BCUT2D eigenvalue weighted by atomic mass is 35.5. The van der Waals surface area contributed by atoms with Crippen LogP contribution in [-0.2, 0) is 5.54 Å². The van der Waals surface area contributed by atoms with Gasteiger partial charge in [0.25, 0.3) is 0 Å². The summed E-state index contributed by atoms with van der Waals surface area (Å²) in [6, 6.07) is 3.95. The van der Waals surface area contributed by atoms with Crippen LogP contribution in [-0.4, -0.2) is 7.11 Å². The van der Waals surface area contributed by atoms with Crippen molar-refractivity contribution < 1.29 is 4.74 Å². The lowest BCUT2D eigenvalue weighted by Crippen LogP contribution is -2.33. The van der Waals surface area contributed by atoms with Crippen molar-refractivity contribution in [3.05, 3.63) is 28.3 Å². The van der Waals surface area contributed by atoms with Gasteiger partial charge in [-0.1, -0.05) is 24.4 Å². The van der Waals surface area contributed by atoms with E-state index in [4.69, 9.17) is 22.1 Å². The molecule has 1 aromatic carbocycles. The molecule has 0 aliphatic heterocycles. The standard InChI is InChI=1S/C13H18ClNO/c1-9-7-11(14)10(8-12(9)16-2)13(15)5-3-4-6-13/h7-8H,3-6,15H2,1-2H3. The van der Waals surface area contributed by atoms with Crippen LogP contribution in [0.5, 0.6) is 5.75 Å². The number of rotatable bonds is 2. The van der Waals surface area contributed by atoms with Gasteiger partial charge in [0, 0.05) is 10.6 Å². The van der Waals surface area contributed by atoms with E-state index < -0.39 is 0 Å². The number of ether oxygens (including phenoxy) is 1. The van der Waals surface area contributed by atoms with Crippen LogP contribution in [0.3, 0.4) is 0 Å². The van der Waals surface area contributed by atoms with E-state index in [0.29, 0.717) is 0 Å². The monoisotopic (exact) mass is 239 g/mol. The lowest BCUT2D eigenvalue weighted by Gasteiger charge is -2.26. The first-order valence-electron chi connectivity index (χ1n) is 5.70. The quantitative estimate of drug-likeness (QED) is 0.859. The molecule has 0 radical (unpaired) electrons. The maximum Gasteiger partial charge on any atom is 0.122 e. The highest BCUT2D eigenvalue weighted by Gasteiger charge is 2.33. The number of methoxy groups -OCH3 is 1. The van der Waals surface area contributed by atoms with Gasteiger partial charge in [-0.15, -0.1) is 0 Å². The first-order valence-corrected chi connectivity index (χ1v) is 6.08. The molecule has 0 heterocycles. The third-order valence-corrected chi connectivity index (χ3v) is 3.83. The molecule has 0 unspecified atom stereocenters. The Morgan fingerprint density at radius 2 is 1.94 bits per heavy atom. The molecule has 0 amide bonds. The van der Waals surface area contributed by atoms with Crippen LogP contribution in [0.1, 0.15) is 36.8 Å². The number of nitrogens with two attached hydrogens (primary N) is 1. The third-order valence-electron chi connectivity index (χ3n) is 3.52. The predicted molar refractivity (Wildman–Crippen MR) is 67.1 cm³/mol. The zero-order chi connectivity index (χ0) is 11.8. The van der Waals surface area contributed by atoms with Gasteiger partial charge in [-0.2, -0.15) is 0 Å². The van der Waals surface area contributed by atoms with Gasteiger partial charge in [-0.25, -0.2) is 0 Å². The van der Waals surface area contributed by atoms with Crippen LogP contribution in [0.4, 0.5) is 0 Å². The van der Waals surface area contributed by atoms with Crippen LogP contribution in [0.25, 0.3) is 0 Å². The molecule has 3 heteroatoms. The summed E-state index contributed by atoms with van der Waals surface area (Å²) in [6.45, 7) is 1.99. The Bertz CT molecular complexity index is 397. The first kappa shape index (κ1) is 11.7. The summed E-state index contributed by atoms with van der Waals surface area (Å²) in [5.74, 6) is 0.871. The van der Waals surface area contributed by atoms with Gasteiger partial charge >= 0.3 is 0 Å². The Morgan fingerprint density at radius 3 is 2.50 bits per heavy atom. The van der Waals surface area contributed by atoms with E-state index in [2.05, 4.69) is 0 Å². The van der Waals surface area contributed by atoms with Gasteiger partial charge < -0.3 is 10.5 Å². The zero-order valence-corrected chi connectivity index (χ0v) is 10.6. The molecule has 2 nitrogen and oxygen atoms in total. The Balaban J connectivity index is 2.47. The average molecular weight is 240 g/mol. The van der Waals surface area contributed by atoms with Crippen LogP contribution >= 0.6 is 11.6 Å². The summed E-state index contributed by atoms with van der Waals surface area (Å²) in [7, 11) is 1.68. The predicted octanol–water partition coefficient (Wildman–Crippen LogP) is 3.39. The molecule has 1 aliphatic rings. The Morgan fingerprint density at radius 1 is 1.31 bits per heavy atom. The topological polar surface area (TPSA) is 35.2 Å². The number of halogens is 1. The second-order valence-electron chi connectivity index (χ2n) is 4.66. The number of hydrogen-bond donors (Lipinski definition) is 1. The van der Waals surface area contributed by atoms with Crippen molar-refractivity contribution >= 4 is 11.6 Å². The minimum absolute atomic E-state index is 0.252. The SMILES string of the molecule is COc1cc(C2(N)CCCC2)c(Cl)cc1C. The minimum atomic E-state index is -0.252. The van der Waals surface area contributed by atoms with Crippen molar-refractivity contribution in [3.63, 3.8) is 0 Å². The van der Waals surface area contributed by atoms with Gasteiger partial charge in [0.05, 0.1) is 7.11 Å². The van der Waals surface area contributed by atoms with Crippen LogP contribution in [0.2, 0.25) is 5.02 Å². The molecule has 0 spiro atoms. The fourth-order valence-electron chi connectivity index (χ4n) is 2.53. The lowest BCUT2D eigenvalue weighted by atomic mass is 9.88. The maximum absolute atomic E-state index is 6.41. The van der Waals surface area contributed by atoms with Gasteiger partial charge in [0.2, 0.25) is 0 Å². The summed E-state index contributed by atoms with van der Waals surface area (Å²) in [6.07, 6.45) is 4.39. The molecule has 0 saturated heterocycles. The smallest absolute Gasteiger partial charge is 0.122 e. The molecule has 1 fully saturated rings. The molecule has 2 rings (SSSR count). The maximum atomic E-state index is 6.41. The summed E-state index contributed by atoms with van der Waals surface area (Å²) in [5.41, 5.74) is 8.25.